The summed E-state index contributed by atoms with van der Waals surface area (Å²) in [5, 5.41) is 6.44. The zero-order valence-corrected chi connectivity index (χ0v) is 14.2. The standard InChI is InChI=1S/C19H22N2O3/c1-4-14-9-6-8-12-17(14)24-13-15-10-5-7-11-16(15)18(21-23-3)19(22)20-2/h5-12H,4,13H2,1-3H3,(H,20,22). The minimum absolute atomic E-state index is 0.225. The third-order valence-corrected chi connectivity index (χ3v) is 3.63. The molecule has 2 aromatic carbocycles. The van der Waals surface area contributed by atoms with Crippen LogP contribution in [-0.2, 0) is 22.7 Å². The van der Waals surface area contributed by atoms with E-state index in [9.17, 15) is 4.79 Å². The van der Waals surface area contributed by atoms with E-state index < -0.39 is 0 Å². The summed E-state index contributed by atoms with van der Waals surface area (Å²) in [5.74, 6) is 0.540. The fraction of sp³-hybridized carbons (Fsp3) is 0.263. The number of hydrogen-bond acceptors (Lipinski definition) is 4. The first kappa shape index (κ1) is 17.5. The lowest BCUT2D eigenvalue weighted by molar-refractivity contribution is -0.114. The summed E-state index contributed by atoms with van der Waals surface area (Å²) in [5.41, 5.74) is 2.92. The molecule has 126 valence electrons. The minimum Gasteiger partial charge on any atom is -0.489 e. The van der Waals surface area contributed by atoms with Gasteiger partial charge >= 0.3 is 0 Å². The summed E-state index contributed by atoms with van der Waals surface area (Å²) < 4.78 is 5.97. The van der Waals surface area contributed by atoms with Crippen LogP contribution < -0.4 is 10.1 Å². The summed E-state index contributed by atoms with van der Waals surface area (Å²) in [4.78, 5) is 16.9. The lowest BCUT2D eigenvalue weighted by atomic mass is 10.0. The van der Waals surface area contributed by atoms with Gasteiger partial charge in [-0.2, -0.15) is 0 Å². The maximum atomic E-state index is 12.1. The van der Waals surface area contributed by atoms with Crippen molar-refractivity contribution in [1.29, 1.82) is 0 Å². The Hall–Kier alpha value is -2.82. The quantitative estimate of drug-likeness (QED) is 0.629. The van der Waals surface area contributed by atoms with E-state index in [1.165, 1.54) is 7.11 Å². The summed E-state index contributed by atoms with van der Waals surface area (Å²) in [6.45, 7) is 2.43. The highest BCUT2D eigenvalue weighted by atomic mass is 16.6. The Labute approximate surface area is 142 Å². The summed E-state index contributed by atoms with van der Waals surface area (Å²) in [6.07, 6.45) is 0.895. The number of para-hydroxylation sites is 1. The Bertz CT molecular complexity index is 726. The van der Waals surface area contributed by atoms with Crippen molar-refractivity contribution in [1.82, 2.24) is 5.32 Å². The maximum Gasteiger partial charge on any atom is 0.273 e. The van der Waals surface area contributed by atoms with Crippen molar-refractivity contribution in [2.75, 3.05) is 14.2 Å². The number of oxime groups is 1. The normalized spacial score (nSPS) is 11.0. The highest BCUT2D eigenvalue weighted by molar-refractivity contribution is 6.45. The smallest absolute Gasteiger partial charge is 0.273 e. The molecule has 1 amide bonds. The van der Waals surface area contributed by atoms with Crippen molar-refractivity contribution in [3.63, 3.8) is 0 Å². The van der Waals surface area contributed by atoms with Crippen LogP contribution in [0.1, 0.15) is 23.6 Å². The molecule has 5 heteroatoms. The van der Waals surface area contributed by atoms with Gasteiger partial charge in [-0.1, -0.05) is 54.5 Å². The Morgan fingerprint density at radius 2 is 1.75 bits per heavy atom. The molecule has 0 aliphatic carbocycles. The van der Waals surface area contributed by atoms with Crippen molar-refractivity contribution in [2.45, 2.75) is 20.0 Å². The first-order valence-electron chi connectivity index (χ1n) is 7.83. The molecule has 2 rings (SSSR count). The molecule has 5 nitrogen and oxygen atoms in total. The van der Waals surface area contributed by atoms with E-state index in [1.54, 1.807) is 7.05 Å². The monoisotopic (exact) mass is 326 g/mol. The van der Waals surface area contributed by atoms with E-state index in [0.717, 1.165) is 23.3 Å². The van der Waals surface area contributed by atoms with Crippen LogP contribution >= 0.6 is 0 Å². The molecule has 0 heterocycles. The lowest BCUT2D eigenvalue weighted by Gasteiger charge is -2.13. The Morgan fingerprint density at radius 1 is 1.08 bits per heavy atom. The van der Waals surface area contributed by atoms with E-state index in [4.69, 9.17) is 9.57 Å². The molecule has 0 atom stereocenters. The van der Waals surface area contributed by atoms with E-state index in [0.29, 0.717) is 12.2 Å². The van der Waals surface area contributed by atoms with E-state index in [-0.39, 0.29) is 11.6 Å². The van der Waals surface area contributed by atoms with Crippen LogP contribution in [0.2, 0.25) is 0 Å². The predicted molar refractivity (Wildman–Crippen MR) is 94.2 cm³/mol. The lowest BCUT2D eigenvalue weighted by Crippen LogP contribution is -2.29. The average molecular weight is 326 g/mol. The number of ether oxygens (including phenoxy) is 1. The fourth-order valence-electron chi connectivity index (χ4n) is 2.39. The number of rotatable bonds is 7. The second kappa shape index (κ2) is 8.72. The number of likely N-dealkylation sites (N-methyl/N-ethyl adjacent to an activating group) is 1. The van der Waals surface area contributed by atoms with Crippen molar-refractivity contribution in [3.05, 3.63) is 65.2 Å². The Balaban J connectivity index is 2.29. The largest absolute Gasteiger partial charge is 0.489 e. The molecular weight excluding hydrogens is 304 g/mol. The first-order valence-corrected chi connectivity index (χ1v) is 7.83. The van der Waals surface area contributed by atoms with Crippen LogP contribution in [0.5, 0.6) is 5.75 Å². The van der Waals surface area contributed by atoms with Gasteiger partial charge in [0.25, 0.3) is 5.91 Å². The molecule has 2 aromatic rings. The molecule has 0 aromatic heterocycles. The van der Waals surface area contributed by atoms with Crippen LogP contribution in [0.15, 0.2) is 53.7 Å². The van der Waals surface area contributed by atoms with Gasteiger partial charge in [0.2, 0.25) is 0 Å². The maximum absolute atomic E-state index is 12.1. The molecule has 1 N–H and O–H groups in total. The van der Waals surface area contributed by atoms with E-state index in [1.807, 2.05) is 48.5 Å². The molecule has 24 heavy (non-hydrogen) atoms. The van der Waals surface area contributed by atoms with Gasteiger partial charge < -0.3 is 14.9 Å². The third kappa shape index (κ3) is 4.13. The highest BCUT2D eigenvalue weighted by Crippen LogP contribution is 2.21. The predicted octanol–water partition coefficient (Wildman–Crippen LogP) is 2.92. The molecule has 0 saturated heterocycles. The van der Waals surface area contributed by atoms with E-state index in [2.05, 4.69) is 17.4 Å². The minimum atomic E-state index is -0.307. The third-order valence-electron chi connectivity index (χ3n) is 3.63. The molecule has 0 fully saturated rings. The molecule has 0 spiro atoms. The van der Waals surface area contributed by atoms with Crippen molar-refractivity contribution >= 4 is 11.6 Å². The second-order valence-corrected chi connectivity index (χ2v) is 5.11. The highest BCUT2D eigenvalue weighted by Gasteiger charge is 2.17. The molecule has 0 radical (unpaired) electrons. The Morgan fingerprint density at radius 3 is 2.42 bits per heavy atom. The molecular formula is C19H22N2O3. The first-order chi connectivity index (χ1) is 11.7. The number of nitrogens with one attached hydrogen (secondary N) is 1. The molecule has 0 aliphatic rings. The molecule has 0 bridgehead atoms. The van der Waals surface area contributed by atoms with Crippen molar-refractivity contribution in [2.24, 2.45) is 5.16 Å². The number of benzene rings is 2. The molecule has 0 saturated carbocycles. The number of aryl methyl sites for hydroxylation is 1. The Kier molecular flexibility index (Phi) is 6.37. The zero-order valence-electron chi connectivity index (χ0n) is 14.2. The van der Waals surface area contributed by atoms with Crippen LogP contribution in [0.25, 0.3) is 0 Å². The van der Waals surface area contributed by atoms with Crippen LogP contribution in [0.4, 0.5) is 0 Å². The fourth-order valence-corrected chi connectivity index (χ4v) is 2.39. The SMILES string of the molecule is CCc1ccccc1OCc1ccccc1C(=NOC)C(=O)NC. The van der Waals surface area contributed by atoms with E-state index >= 15 is 0 Å². The number of hydrogen-bond donors (Lipinski definition) is 1. The van der Waals surface area contributed by atoms with Crippen LogP contribution in [-0.4, -0.2) is 25.8 Å². The second-order valence-electron chi connectivity index (χ2n) is 5.11. The van der Waals surface area contributed by atoms with Gasteiger partial charge in [0.15, 0.2) is 5.71 Å². The van der Waals surface area contributed by atoms with Crippen LogP contribution in [0.3, 0.4) is 0 Å². The summed E-state index contributed by atoms with van der Waals surface area (Å²) >= 11 is 0. The average Bonchev–Trinajstić information content (AvgIpc) is 2.64. The van der Waals surface area contributed by atoms with Gasteiger partial charge in [-0.05, 0) is 23.6 Å². The van der Waals surface area contributed by atoms with Crippen molar-refractivity contribution < 1.29 is 14.4 Å². The summed E-state index contributed by atoms with van der Waals surface area (Å²) in [6, 6.07) is 15.4. The van der Waals surface area contributed by atoms with Gasteiger partial charge in [-0.15, -0.1) is 0 Å². The number of carbonyl (C=O) groups excluding carboxylic acids is 1. The van der Waals surface area contributed by atoms with Gasteiger partial charge in [0.05, 0.1) is 0 Å². The van der Waals surface area contributed by atoms with Gasteiger partial charge in [0, 0.05) is 12.6 Å². The zero-order chi connectivity index (χ0) is 17.4. The number of amides is 1. The van der Waals surface area contributed by atoms with Gasteiger partial charge in [-0.3, -0.25) is 4.79 Å². The summed E-state index contributed by atoms with van der Waals surface area (Å²) in [7, 11) is 2.98. The van der Waals surface area contributed by atoms with Gasteiger partial charge in [0.1, 0.15) is 19.5 Å². The van der Waals surface area contributed by atoms with Crippen molar-refractivity contribution in [3.8, 4) is 5.75 Å². The molecule has 0 unspecified atom stereocenters. The number of nitrogens with zero attached hydrogens (tertiary/aromatic N) is 1. The topological polar surface area (TPSA) is 59.9 Å². The molecule has 0 aliphatic heterocycles. The van der Waals surface area contributed by atoms with Gasteiger partial charge in [-0.25, -0.2) is 0 Å². The van der Waals surface area contributed by atoms with Crippen LogP contribution in [0, 0.1) is 0 Å². The number of carbonyl (C=O) groups is 1.